The number of benzene rings is 1. The Kier molecular flexibility index (Phi) is 8.60. The summed E-state index contributed by atoms with van der Waals surface area (Å²) in [6.07, 6.45) is 2.47. The minimum Gasteiger partial charge on any atom is -0.491 e. The Bertz CT molecular complexity index is 925. The molecule has 0 aliphatic carbocycles. The van der Waals surface area contributed by atoms with E-state index in [1.807, 2.05) is 24.3 Å². The minimum absolute atomic E-state index is 0.186. The maximum absolute atomic E-state index is 9.93. The molecule has 0 radical (unpaired) electrons. The summed E-state index contributed by atoms with van der Waals surface area (Å²) in [5.74, 6) is 2.40. The second kappa shape index (κ2) is 11.4. The highest BCUT2D eigenvalue weighted by molar-refractivity contribution is 5.92. The maximum Gasteiger partial charge on any atom is 0.164 e. The Balaban J connectivity index is 1.94. The van der Waals surface area contributed by atoms with Crippen LogP contribution < -0.4 is 20.7 Å². The minimum atomic E-state index is -0.598. The highest BCUT2D eigenvalue weighted by Gasteiger charge is 2.22. The highest BCUT2D eigenvalue weighted by Crippen LogP contribution is 2.29. The van der Waals surface area contributed by atoms with Crippen molar-refractivity contribution in [3.8, 4) is 17.1 Å². The number of aliphatic hydroxyl groups excluding tert-OH is 1. The largest absolute Gasteiger partial charge is 0.491 e. The van der Waals surface area contributed by atoms with Gasteiger partial charge in [-0.1, -0.05) is 12.1 Å². The molecule has 2 aromatic rings. The van der Waals surface area contributed by atoms with E-state index in [0.29, 0.717) is 48.5 Å². The lowest BCUT2D eigenvalue weighted by Gasteiger charge is -2.27. The van der Waals surface area contributed by atoms with Crippen molar-refractivity contribution in [3.63, 3.8) is 0 Å². The topological polar surface area (TPSA) is 124 Å². The summed E-state index contributed by atoms with van der Waals surface area (Å²) in [7, 11) is 1.79. The molecule has 5 N–H and O–H groups in total. The first-order valence-corrected chi connectivity index (χ1v) is 11.4. The van der Waals surface area contributed by atoms with Gasteiger partial charge < -0.3 is 35.9 Å². The van der Waals surface area contributed by atoms with E-state index in [1.165, 1.54) is 6.21 Å². The fourth-order valence-corrected chi connectivity index (χ4v) is 3.54. The molecule has 0 spiro atoms. The Labute approximate surface area is 195 Å². The van der Waals surface area contributed by atoms with Gasteiger partial charge in [-0.2, -0.15) is 0 Å². The van der Waals surface area contributed by atoms with Gasteiger partial charge in [0, 0.05) is 43.1 Å². The van der Waals surface area contributed by atoms with Gasteiger partial charge in [0.05, 0.1) is 5.56 Å². The predicted octanol–water partition coefficient (Wildman–Crippen LogP) is 2.90. The molecule has 0 amide bonds. The summed E-state index contributed by atoms with van der Waals surface area (Å²) in [5.41, 5.74) is 1.18. The molecule has 33 heavy (non-hydrogen) atoms. The molecule has 1 unspecified atom stereocenters. The molecule has 1 saturated heterocycles. The van der Waals surface area contributed by atoms with Gasteiger partial charge in [0.2, 0.25) is 0 Å². The summed E-state index contributed by atoms with van der Waals surface area (Å²) in [6.45, 7) is 8.22. The van der Waals surface area contributed by atoms with E-state index in [9.17, 15) is 5.11 Å². The zero-order chi connectivity index (χ0) is 23.8. The lowest BCUT2D eigenvalue weighted by Crippen LogP contribution is -2.30. The van der Waals surface area contributed by atoms with E-state index >= 15 is 0 Å². The number of nitrogens with one attached hydrogen (secondary N) is 4. The van der Waals surface area contributed by atoms with E-state index in [1.54, 1.807) is 7.05 Å². The summed E-state index contributed by atoms with van der Waals surface area (Å²) in [4.78, 5) is 9.56. The number of aromatic nitrogens is 2. The molecule has 2 heterocycles. The highest BCUT2D eigenvalue weighted by atomic mass is 16.5. The van der Waals surface area contributed by atoms with Crippen molar-refractivity contribution in [1.82, 2.24) is 15.3 Å². The molecular weight excluding hydrogens is 420 g/mol. The number of likely N-dealkylation sites (N-methyl/N-ethyl adjacent to an activating group) is 1. The predicted molar refractivity (Wildman–Crippen MR) is 132 cm³/mol. The maximum atomic E-state index is 9.93. The number of aliphatic hydroxyl groups is 1. The number of nitrogens with zero attached hydrogens (tertiary/aromatic N) is 2. The van der Waals surface area contributed by atoms with Gasteiger partial charge in [-0.25, -0.2) is 9.97 Å². The van der Waals surface area contributed by atoms with Crippen LogP contribution in [-0.4, -0.2) is 72.4 Å². The molecule has 1 atom stereocenters. The summed E-state index contributed by atoms with van der Waals surface area (Å²) >= 11 is 0. The number of ether oxygens (including phenoxy) is 2. The molecule has 180 valence electrons. The number of hydrogen-bond donors (Lipinski definition) is 5. The van der Waals surface area contributed by atoms with Crippen LogP contribution in [0.3, 0.4) is 0 Å². The zero-order valence-electron chi connectivity index (χ0n) is 19.9. The standard InChI is InChI=1S/C24H36N6O3/c1-24(2,3)30-23-20(13-25)22(27-17-8-10-32-11-9-17)28-21(29-23)16-6-5-7-19(12-16)33-15-18(31)14-26-4/h5-7,12-13,17-18,25-26,31H,8-11,14-15H2,1-4H3,(H2,27,28,29,30). The molecule has 1 aliphatic rings. The van der Waals surface area contributed by atoms with Crippen molar-refractivity contribution in [2.24, 2.45) is 0 Å². The normalized spacial score (nSPS) is 15.7. The van der Waals surface area contributed by atoms with Crippen molar-refractivity contribution in [2.75, 3.05) is 44.0 Å². The van der Waals surface area contributed by atoms with Crippen molar-refractivity contribution in [2.45, 2.75) is 51.3 Å². The lowest BCUT2D eigenvalue weighted by molar-refractivity contribution is 0.0904. The molecule has 1 fully saturated rings. The van der Waals surface area contributed by atoms with Gasteiger partial charge in [0.15, 0.2) is 5.82 Å². The Morgan fingerprint density at radius 1 is 1.24 bits per heavy atom. The van der Waals surface area contributed by atoms with Crippen LogP contribution in [-0.2, 0) is 4.74 Å². The SMILES string of the molecule is CNCC(O)COc1cccc(-c2nc(NC3CCOCC3)c(C=N)c(NC(C)(C)C)n2)c1. The van der Waals surface area contributed by atoms with Gasteiger partial charge >= 0.3 is 0 Å². The molecule has 1 aromatic heterocycles. The third-order valence-electron chi connectivity index (χ3n) is 5.12. The molecule has 3 rings (SSSR count). The first-order chi connectivity index (χ1) is 15.8. The molecule has 9 nitrogen and oxygen atoms in total. The van der Waals surface area contributed by atoms with Crippen molar-refractivity contribution in [1.29, 1.82) is 5.41 Å². The average Bonchev–Trinajstić information content (AvgIpc) is 2.77. The quantitative estimate of drug-likeness (QED) is 0.346. The van der Waals surface area contributed by atoms with Crippen LogP contribution in [0.5, 0.6) is 5.75 Å². The van der Waals surface area contributed by atoms with Gasteiger partial charge in [-0.3, -0.25) is 0 Å². The van der Waals surface area contributed by atoms with E-state index in [0.717, 1.165) is 18.4 Å². The summed E-state index contributed by atoms with van der Waals surface area (Å²) < 4.78 is 11.2. The van der Waals surface area contributed by atoms with E-state index in [-0.39, 0.29) is 18.2 Å². The fourth-order valence-electron chi connectivity index (χ4n) is 3.54. The molecule has 1 aromatic carbocycles. The first-order valence-electron chi connectivity index (χ1n) is 11.4. The van der Waals surface area contributed by atoms with Crippen LogP contribution in [0.4, 0.5) is 11.6 Å². The molecule has 9 heteroatoms. The van der Waals surface area contributed by atoms with Crippen LogP contribution in [0.25, 0.3) is 11.4 Å². The van der Waals surface area contributed by atoms with Crippen molar-refractivity contribution in [3.05, 3.63) is 29.8 Å². The summed E-state index contributed by atoms with van der Waals surface area (Å²) in [5, 5.41) is 27.8. The number of hydrogen-bond acceptors (Lipinski definition) is 9. The van der Waals surface area contributed by atoms with Crippen LogP contribution in [0.1, 0.15) is 39.2 Å². The van der Waals surface area contributed by atoms with Gasteiger partial charge in [0.1, 0.15) is 30.1 Å². The molecule has 0 bridgehead atoms. The zero-order valence-corrected chi connectivity index (χ0v) is 19.9. The Morgan fingerprint density at radius 3 is 2.64 bits per heavy atom. The third kappa shape index (κ3) is 7.38. The lowest BCUT2D eigenvalue weighted by atomic mass is 10.1. The Hall–Kier alpha value is -2.75. The summed E-state index contributed by atoms with van der Waals surface area (Å²) in [6, 6.07) is 7.74. The first kappa shape index (κ1) is 24.9. The van der Waals surface area contributed by atoms with Gasteiger partial charge in [-0.15, -0.1) is 0 Å². The van der Waals surface area contributed by atoms with Crippen molar-refractivity contribution >= 4 is 17.9 Å². The van der Waals surface area contributed by atoms with E-state index in [2.05, 4.69) is 36.7 Å². The number of rotatable bonds is 10. The van der Waals surface area contributed by atoms with E-state index < -0.39 is 6.10 Å². The second-order valence-electron chi connectivity index (χ2n) is 9.26. The average molecular weight is 457 g/mol. The van der Waals surface area contributed by atoms with Crippen LogP contribution in [0.15, 0.2) is 24.3 Å². The Morgan fingerprint density at radius 2 is 1.97 bits per heavy atom. The van der Waals surface area contributed by atoms with Crippen LogP contribution >= 0.6 is 0 Å². The van der Waals surface area contributed by atoms with Crippen LogP contribution in [0, 0.1) is 5.41 Å². The third-order valence-corrected chi connectivity index (χ3v) is 5.12. The smallest absolute Gasteiger partial charge is 0.164 e. The van der Waals surface area contributed by atoms with Gasteiger partial charge in [0.25, 0.3) is 0 Å². The number of anilines is 2. The van der Waals surface area contributed by atoms with Gasteiger partial charge in [-0.05, 0) is 52.8 Å². The molecule has 1 aliphatic heterocycles. The van der Waals surface area contributed by atoms with Crippen LogP contribution in [0.2, 0.25) is 0 Å². The monoisotopic (exact) mass is 456 g/mol. The fraction of sp³-hybridized carbons (Fsp3) is 0.542. The molecule has 0 saturated carbocycles. The van der Waals surface area contributed by atoms with Crippen molar-refractivity contribution < 1.29 is 14.6 Å². The molecular formula is C24H36N6O3. The van der Waals surface area contributed by atoms with E-state index in [4.69, 9.17) is 24.9 Å². The second-order valence-corrected chi connectivity index (χ2v) is 9.26.